The first-order valence-corrected chi connectivity index (χ1v) is 5.09. The van der Waals surface area contributed by atoms with Crippen LogP contribution in [0.15, 0.2) is 11.8 Å². The number of nitrogens with zero attached hydrogens (tertiary/aromatic N) is 1. The van der Waals surface area contributed by atoms with E-state index in [0.29, 0.717) is 6.42 Å². The van der Waals surface area contributed by atoms with Crippen molar-refractivity contribution < 1.29 is 5.11 Å². The van der Waals surface area contributed by atoms with Crippen molar-refractivity contribution in [2.24, 2.45) is 0 Å². The van der Waals surface area contributed by atoms with E-state index in [2.05, 4.69) is 6.92 Å². The molecule has 0 rings (SSSR count). The smallest absolute Gasteiger partial charge is 0.103 e. The molecule has 0 heterocycles. The van der Waals surface area contributed by atoms with Gasteiger partial charge in [-0.05, 0) is 6.42 Å². The Morgan fingerprint density at radius 3 is 2.46 bits per heavy atom. The summed E-state index contributed by atoms with van der Waals surface area (Å²) in [4.78, 5) is 0. The third-order valence-corrected chi connectivity index (χ3v) is 2.02. The minimum absolute atomic E-state index is 0.220. The first kappa shape index (κ1) is 12.0. The standard InChI is InChI=1S/C11H19NO/c1-2-3-4-5-6-7-8-11(13)9-10-12/h9,13H,2-8H2,1H3. The summed E-state index contributed by atoms with van der Waals surface area (Å²) in [5, 5.41) is 17.3. The molecular weight excluding hydrogens is 162 g/mol. The number of hydrogen-bond acceptors (Lipinski definition) is 2. The number of hydrogen-bond donors (Lipinski definition) is 1. The van der Waals surface area contributed by atoms with Gasteiger partial charge < -0.3 is 5.11 Å². The van der Waals surface area contributed by atoms with Crippen LogP contribution in [0.5, 0.6) is 0 Å². The maximum Gasteiger partial charge on any atom is 0.103 e. The maximum atomic E-state index is 9.09. The number of unbranched alkanes of at least 4 members (excludes halogenated alkanes) is 5. The van der Waals surface area contributed by atoms with Gasteiger partial charge in [0.1, 0.15) is 5.76 Å². The van der Waals surface area contributed by atoms with E-state index in [1.165, 1.54) is 31.8 Å². The van der Waals surface area contributed by atoms with Crippen molar-refractivity contribution in [3.8, 4) is 6.07 Å². The van der Waals surface area contributed by atoms with Gasteiger partial charge in [-0.1, -0.05) is 39.0 Å². The molecule has 0 aliphatic rings. The number of rotatable bonds is 7. The van der Waals surface area contributed by atoms with E-state index in [1.807, 2.05) is 6.07 Å². The van der Waals surface area contributed by atoms with Gasteiger partial charge in [0.25, 0.3) is 0 Å². The minimum Gasteiger partial charge on any atom is -0.512 e. The molecule has 0 aromatic carbocycles. The van der Waals surface area contributed by atoms with Crippen LogP contribution in [-0.2, 0) is 0 Å². The molecule has 0 atom stereocenters. The van der Waals surface area contributed by atoms with Crippen LogP contribution in [0, 0.1) is 11.3 Å². The minimum atomic E-state index is 0.220. The van der Waals surface area contributed by atoms with Crippen molar-refractivity contribution >= 4 is 0 Å². The molecule has 13 heavy (non-hydrogen) atoms. The summed E-state index contributed by atoms with van der Waals surface area (Å²) in [5.74, 6) is 0.220. The van der Waals surface area contributed by atoms with Gasteiger partial charge in [0.2, 0.25) is 0 Å². The van der Waals surface area contributed by atoms with Crippen LogP contribution in [0.2, 0.25) is 0 Å². The molecule has 0 bridgehead atoms. The van der Waals surface area contributed by atoms with Gasteiger partial charge in [0.15, 0.2) is 0 Å². The number of nitriles is 1. The van der Waals surface area contributed by atoms with Crippen LogP contribution in [0.25, 0.3) is 0 Å². The lowest BCUT2D eigenvalue weighted by molar-refractivity contribution is 0.380. The molecule has 2 nitrogen and oxygen atoms in total. The van der Waals surface area contributed by atoms with Crippen molar-refractivity contribution in [2.45, 2.75) is 51.9 Å². The Balaban J connectivity index is 3.17. The van der Waals surface area contributed by atoms with Gasteiger partial charge in [-0.2, -0.15) is 5.26 Å². The predicted octanol–water partition coefficient (Wildman–Crippen LogP) is 3.70. The highest BCUT2D eigenvalue weighted by Crippen LogP contribution is 2.09. The number of aliphatic hydroxyl groups excluding tert-OH is 1. The molecule has 0 spiro atoms. The largest absolute Gasteiger partial charge is 0.512 e. The summed E-state index contributed by atoms with van der Waals surface area (Å²) in [6.45, 7) is 2.20. The number of aliphatic hydroxyl groups is 1. The van der Waals surface area contributed by atoms with E-state index in [1.54, 1.807) is 0 Å². The topological polar surface area (TPSA) is 44.0 Å². The van der Waals surface area contributed by atoms with Gasteiger partial charge in [0, 0.05) is 6.42 Å². The molecule has 0 amide bonds. The molecule has 74 valence electrons. The van der Waals surface area contributed by atoms with E-state index < -0.39 is 0 Å². The van der Waals surface area contributed by atoms with E-state index in [9.17, 15) is 0 Å². The normalized spacial score (nSPS) is 11.2. The van der Waals surface area contributed by atoms with Crippen LogP contribution in [0.4, 0.5) is 0 Å². The Bertz CT molecular complexity index is 179. The highest BCUT2D eigenvalue weighted by Gasteiger charge is 1.93. The lowest BCUT2D eigenvalue weighted by Crippen LogP contribution is -1.83. The van der Waals surface area contributed by atoms with E-state index >= 15 is 0 Å². The van der Waals surface area contributed by atoms with Gasteiger partial charge in [-0.15, -0.1) is 0 Å². The zero-order valence-electron chi connectivity index (χ0n) is 8.42. The van der Waals surface area contributed by atoms with Crippen molar-refractivity contribution in [3.63, 3.8) is 0 Å². The molecule has 0 unspecified atom stereocenters. The maximum absolute atomic E-state index is 9.09. The van der Waals surface area contributed by atoms with Gasteiger partial charge >= 0.3 is 0 Å². The van der Waals surface area contributed by atoms with Crippen LogP contribution >= 0.6 is 0 Å². The summed E-state index contributed by atoms with van der Waals surface area (Å²) in [6.07, 6.45) is 9.12. The predicted molar refractivity (Wildman–Crippen MR) is 54.3 cm³/mol. The highest BCUT2D eigenvalue weighted by atomic mass is 16.3. The molecule has 0 aliphatic carbocycles. The van der Waals surface area contributed by atoms with Crippen molar-refractivity contribution in [2.75, 3.05) is 0 Å². The summed E-state index contributed by atoms with van der Waals surface area (Å²) in [7, 11) is 0. The Morgan fingerprint density at radius 2 is 1.85 bits per heavy atom. The third-order valence-electron chi connectivity index (χ3n) is 2.02. The second kappa shape index (κ2) is 9.12. The monoisotopic (exact) mass is 181 g/mol. The van der Waals surface area contributed by atoms with E-state index in [0.717, 1.165) is 12.8 Å². The Kier molecular flexibility index (Phi) is 8.44. The SMILES string of the molecule is CCCCCCCCC(O)=CC#N. The highest BCUT2D eigenvalue weighted by molar-refractivity contribution is 5.06. The van der Waals surface area contributed by atoms with Crippen LogP contribution in [0.3, 0.4) is 0 Å². The molecule has 0 saturated heterocycles. The van der Waals surface area contributed by atoms with Crippen molar-refractivity contribution in [1.82, 2.24) is 0 Å². The van der Waals surface area contributed by atoms with Crippen molar-refractivity contribution in [1.29, 1.82) is 5.26 Å². The first-order chi connectivity index (χ1) is 6.31. The first-order valence-electron chi connectivity index (χ1n) is 5.09. The third kappa shape index (κ3) is 8.94. The van der Waals surface area contributed by atoms with Crippen LogP contribution in [0.1, 0.15) is 51.9 Å². The molecule has 1 N–H and O–H groups in total. The molecule has 0 saturated carbocycles. The molecule has 0 aromatic rings. The average Bonchev–Trinajstić information content (AvgIpc) is 2.11. The summed E-state index contributed by atoms with van der Waals surface area (Å²) >= 11 is 0. The zero-order valence-corrected chi connectivity index (χ0v) is 8.42. The van der Waals surface area contributed by atoms with E-state index in [4.69, 9.17) is 10.4 Å². The molecule has 0 radical (unpaired) electrons. The average molecular weight is 181 g/mol. The molecule has 0 aromatic heterocycles. The molecule has 0 aliphatic heterocycles. The fraction of sp³-hybridized carbons (Fsp3) is 0.727. The molecule has 2 heteroatoms. The fourth-order valence-electron chi connectivity index (χ4n) is 1.23. The molecular formula is C11H19NO. The summed E-state index contributed by atoms with van der Waals surface area (Å²) in [5.41, 5.74) is 0. The molecule has 0 fully saturated rings. The fourth-order valence-corrected chi connectivity index (χ4v) is 1.23. The Hall–Kier alpha value is -0.970. The second-order valence-electron chi connectivity index (χ2n) is 3.28. The van der Waals surface area contributed by atoms with Gasteiger partial charge in [-0.25, -0.2) is 0 Å². The number of allylic oxidation sites excluding steroid dienone is 2. The van der Waals surface area contributed by atoms with Gasteiger partial charge in [-0.3, -0.25) is 0 Å². The van der Waals surface area contributed by atoms with Gasteiger partial charge in [0.05, 0.1) is 12.1 Å². The Morgan fingerprint density at radius 1 is 1.23 bits per heavy atom. The van der Waals surface area contributed by atoms with E-state index in [-0.39, 0.29) is 5.76 Å². The second-order valence-corrected chi connectivity index (χ2v) is 3.28. The van der Waals surface area contributed by atoms with Crippen molar-refractivity contribution in [3.05, 3.63) is 11.8 Å². The zero-order chi connectivity index (χ0) is 9.94. The van der Waals surface area contributed by atoms with Crippen LogP contribution in [-0.4, -0.2) is 5.11 Å². The quantitative estimate of drug-likeness (QED) is 0.369. The lowest BCUT2D eigenvalue weighted by Gasteiger charge is -1.99. The summed E-state index contributed by atoms with van der Waals surface area (Å²) in [6, 6.07) is 1.82. The lowest BCUT2D eigenvalue weighted by atomic mass is 10.1. The summed E-state index contributed by atoms with van der Waals surface area (Å²) < 4.78 is 0. The Labute approximate surface area is 80.9 Å². The van der Waals surface area contributed by atoms with Crippen LogP contribution < -0.4 is 0 Å².